The molecule has 2 aromatic carbocycles. The Morgan fingerprint density at radius 3 is 2.53 bits per heavy atom. The predicted molar refractivity (Wildman–Crippen MR) is 86.1 cm³/mol. The third-order valence-electron chi connectivity index (χ3n) is 3.06. The Labute approximate surface area is 131 Å². The van der Waals surface area contributed by atoms with Gasteiger partial charge in [-0.05, 0) is 59.8 Å². The highest BCUT2D eigenvalue weighted by Crippen LogP contribution is 2.25. The minimum absolute atomic E-state index is 0.0845. The number of benzene rings is 2. The van der Waals surface area contributed by atoms with Gasteiger partial charge in [0.25, 0.3) is 0 Å². The van der Waals surface area contributed by atoms with Gasteiger partial charge in [-0.3, -0.25) is 0 Å². The van der Waals surface area contributed by atoms with Gasteiger partial charge in [-0.15, -0.1) is 0 Å². The van der Waals surface area contributed by atoms with E-state index in [9.17, 15) is 4.39 Å². The first-order chi connectivity index (χ1) is 9.11. The molecule has 1 N–H and O–H groups in total. The van der Waals surface area contributed by atoms with Crippen molar-refractivity contribution in [1.82, 2.24) is 5.32 Å². The lowest BCUT2D eigenvalue weighted by Crippen LogP contribution is -2.20. The predicted octanol–water partition coefficient (Wildman–Crippen LogP) is 4.59. The Morgan fingerprint density at radius 1 is 1.21 bits per heavy atom. The number of halogens is 3. The number of likely N-dealkylation sites (N-methyl/N-ethyl adjacent to an activating group) is 1. The van der Waals surface area contributed by atoms with Gasteiger partial charge < -0.3 is 5.32 Å². The molecule has 0 radical (unpaired) electrons. The summed E-state index contributed by atoms with van der Waals surface area (Å²) in [7, 11) is 1.83. The zero-order valence-electron chi connectivity index (χ0n) is 10.5. The molecule has 0 aliphatic rings. The van der Waals surface area contributed by atoms with Crippen LogP contribution in [-0.2, 0) is 6.42 Å². The maximum absolute atomic E-state index is 14.0. The summed E-state index contributed by atoms with van der Waals surface area (Å²) >= 11 is 8.10. The lowest BCUT2D eigenvalue weighted by Gasteiger charge is -2.18. The normalized spacial score (nSPS) is 12.4. The molecule has 100 valence electrons. The largest absolute Gasteiger partial charge is 0.313 e. The Kier molecular flexibility index (Phi) is 5.19. The van der Waals surface area contributed by atoms with Crippen LogP contribution in [0.5, 0.6) is 0 Å². The molecule has 0 aliphatic carbocycles. The summed E-state index contributed by atoms with van der Waals surface area (Å²) in [5, 5.41) is 3.32. The minimum atomic E-state index is -0.339. The summed E-state index contributed by atoms with van der Waals surface area (Å²) in [5.74, 6) is -0.339. The summed E-state index contributed by atoms with van der Waals surface area (Å²) in [6.07, 6.45) is 0.727. The second-order valence-electron chi connectivity index (χ2n) is 4.31. The number of hydrogen-bond acceptors (Lipinski definition) is 1. The molecule has 0 amide bonds. The van der Waals surface area contributed by atoms with Crippen LogP contribution in [0.2, 0.25) is 5.02 Å². The van der Waals surface area contributed by atoms with Crippen molar-refractivity contribution in [3.8, 4) is 0 Å². The highest BCUT2D eigenvalue weighted by molar-refractivity contribution is 14.1. The molecule has 0 fully saturated rings. The summed E-state index contributed by atoms with van der Waals surface area (Å²) in [6, 6.07) is 13.3. The smallest absolute Gasteiger partial charge is 0.146 e. The standard InChI is InChI=1S/C15H14ClFIN/c1-19-14(9-10-5-7-11(18)8-6-10)12-3-2-4-13(16)15(12)17/h2-8,14,19H,9H2,1H3. The van der Waals surface area contributed by atoms with Gasteiger partial charge in [-0.2, -0.15) is 0 Å². The molecule has 0 heterocycles. The van der Waals surface area contributed by atoms with Crippen molar-refractivity contribution >= 4 is 34.2 Å². The summed E-state index contributed by atoms with van der Waals surface area (Å²) in [6.45, 7) is 0. The molecule has 0 bridgehead atoms. The van der Waals surface area contributed by atoms with E-state index in [1.807, 2.05) is 7.05 Å². The van der Waals surface area contributed by atoms with Crippen molar-refractivity contribution in [2.45, 2.75) is 12.5 Å². The fourth-order valence-corrected chi connectivity index (χ4v) is 2.55. The summed E-state index contributed by atoms with van der Waals surface area (Å²) < 4.78 is 15.2. The van der Waals surface area contributed by atoms with Gasteiger partial charge in [-0.25, -0.2) is 4.39 Å². The van der Waals surface area contributed by atoms with E-state index < -0.39 is 0 Å². The van der Waals surface area contributed by atoms with E-state index in [0.29, 0.717) is 5.56 Å². The molecule has 0 aromatic heterocycles. The van der Waals surface area contributed by atoms with Crippen molar-refractivity contribution < 1.29 is 4.39 Å². The molecule has 2 rings (SSSR count). The third kappa shape index (κ3) is 3.68. The van der Waals surface area contributed by atoms with Gasteiger partial charge >= 0.3 is 0 Å². The Balaban J connectivity index is 2.25. The molecule has 0 saturated heterocycles. The zero-order chi connectivity index (χ0) is 13.8. The Morgan fingerprint density at radius 2 is 1.89 bits per heavy atom. The number of hydrogen-bond donors (Lipinski definition) is 1. The molecule has 0 spiro atoms. The third-order valence-corrected chi connectivity index (χ3v) is 4.07. The van der Waals surface area contributed by atoms with Crippen molar-refractivity contribution in [1.29, 1.82) is 0 Å². The van der Waals surface area contributed by atoms with Crippen LogP contribution in [0.25, 0.3) is 0 Å². The molecule has 2 aromatic rings. The van der Waals surface area contributed by atoms with Crippen molar-refractivity contribution in [2.75, 3.05) is 7.05 Å². The number of rotatable bonds is 4. The molecular weight excluding hydrogens is 376 g/mol. The van der Waals surface area contributed by atoms with Crippen LogP contribution >= 0.6 is 34.2 Å². The van der Waals surface area contributed by atoms with Crippen molar-refractivity contribution in [3.05, 3.63) is 68.0 Å². The van der Waals surface area contributed by atoms with Gasteiger partial charge in [-0.1, -0.05) is 35.9 Å². The van der Waals surface area contributed by atoms with Crippen LogP contribution in [0, 0.1) is 9.39 Å². The molecule has 1 nitrogen and oxygen atoms in total. The van der Waals surface area contributed by atoms with Gasteiger partial charge in [0.2, 0.25) is 0 Å². The monoisotopic (exact) mass is 389 g/mol. The van der Waals surface area contributed by atoms with E-state index >= 15 is 0 Å². The van der Waals surface area contributed by atoms with Crippen LogP contribution < -0.4 is 5.32 Å². The highest BCUT2D eigenvalue weighted by Gasteiger charge is 2.16. The van der Waals surface area contributed by atoms with Crippen LogP contribution in [0.1, 0.15) is 17.2 Å². The molecule has 19 heavy (non-hydrogen) atoms. The van der Waals surface area contributed by atoms with E-state index in [0.717, 1.165) is 6.42 Å². The van der Waals surface area contributed by atoms with Gasteiger partial charge in [0, 0.05) is 15.2 Å². The van der Waals surface area contributed by atoms with E-state index in [4.69, 9.17) is 11.6 Å². The van der Waals surface area contributed by atoms with Crippen molar-refractivity contribution in [3.63, 3.8) is 0 Å². The van der Waals surface area contributed by atoms with E-state index in [1.165, 1.54) is 9.13 Å². The summed E-state index contributed by atoms with van der Waals surface area (Å²) in [5.41, 5.74) is 1.77. The fourth-order valence-electron chi connectivity index (χ4n) is 2.01. The molecule has 0 saturated carbocycles. The molecule has 1 atom stereocenters. The first-order valence-corrected chi connectivity index (χ1v) is 7.43. The van der Waals surface area contributed by atoms with E-state index in [1.54, 1.807) is 18.2 Å². The van der Waals surface area contributed by atoms with E-state index in [2.05, 4.69) is 52.2 Å². The van der Waals surface area contributed by atoms with Crippen LogP contribution in [-0.4, -0.2) is 7.05 Å². The number of nitrogens with one attached hydrogen (secondary N) is 1. The van der Waals surface area contributed by atoms with Crippen LogP contribution in [0.4, 0.5) is 4.39 Å². The fraction of sp³-hybridized carbons (Fsp3) is 0.200. The van der Waals surface area contributed by atoms with Gasteiger partial charge in [0.1, 0.15) is 5.82 Å². The first kappa shape index (κ1) is 14.8. The molecule has 4 heteroatoms. The lowest BCUT2D eigenvalue weighted by molar-refractivity contribution is 0.534. The second-order valence-corrected chi connectivity index (χ2v) is 5.97. The molecule has 0 aliphatic heterocycles. The quantitative estimate of drug-likeness (QED) is 0.754. The average Bonchev–Trinajstić information content (AvgIpc) is 2.42. The maximum atomic E-state index is 14.0. The van der Waals surface area contributed by atoms with Crippen LogP contribution in [0.3, 0.4) is 0 Å². The van der Waals surface area contributed by atoms with Gasteiger partial charge in [0.15, 0.2) is 0 Å². The Bertz CT molecular complexity index is 557. The topological polar surface area (TPSA) is 12.0 Å². The highest BCUT2D eigenvalue weighted by atomic mass is 127. The molecule has 1 unspecified atom stereocenters. The molecular formula is C15H14ClFIN. The zero-order valence-corrected chi connectivity index (χ0v) is 13.4. The van der Waals surface area contributed by atoms with Crippen LogP contribution in [0.15, 0.2) is 42.5 Å². The average molecular weight is 390 g/mol. The second kappa shape index (κ2) is 6.68. The maximum Gasteiger partial charge on any atom is 0.146 e. The van der Waals surface area contributed by atoms with E-state index in [-0.39, 0.29) is 16.9 Å². The van der Waals surface area contributed by atoms with Gasteiger partial charge in [0.05, 0.1) is 5.02 Å². The lowest BCUT2D eigenvalue weighted by atomic mass is 9.98. The Hall–Kier alpha value is -0.650. The van der Waals surface area contributed by atoms with Crippen molar-refractivity contribution in [2.24, 2.45) is 0 Å². The minimum Gasteiger partial charge on any atom is -0.313 e. The SMILES string of the molecule is CNC(Cc1ccc(I)cc1)c1cccc(Cl)c1F. The first-order valence-electron chi connectivity index (χ1n) is 5.97. The summed E-state index contributed by atoms with van der Waals surface area (Å²) in [4.78, 5) is 0.